The van der Waals surface area contributed by atoms with Crippen molar-refractivity contribution in [3.63, 3.8) is 0 Å². The van der Waals surface area contributed by atoms with Gasteiger partial charge in [-0.05, 0) is 18.2 Å². The largest absolute Gasteiger partial charge is 0.418 e. The first-order valence-electron chi connectivity index (χ1n) is 3.48. The number of alkyl halides is 6. The van der Waals surface area contributed by atoms with Crippen molar-refractivity contribution in [1.82, 2.24) is 0 Å². The van der Waals surface area contributed by atoms with Crippen LogP contribution in [0.25, 0.3) is 0 Å². The summed E-state index contributed by atoms with van der Waals surface area (Å²) in [6, 6.07) is 1.91. The molecule has 0 unspecified atom stereocenters. The van der Waals surface area contributed by atoms with E-state index < -0.39 is 28.5 Å². The van der Waals surface area contributed by atoms with Crippen molar-refractivity contribution in [3.8, 4) is 0 Å². The zero-order valence-electron chi connectivity index (χ0n) is 6.80. The van der Waals surface area contributed by atoms with Crippen molar-refractivity contribution >= 4 is 11.6 Å². The van der Waals surface area contributed by atoms with E-state index in [1.54, 1.807) is 0 Å². The molecule has 0 nitrogen and oxygen atoms in total. The molecule has 0 fully saturated rings. The summed E-state index contributed by atoms with van der Waals surface area (Å²) in [5.74, 6) is 0. The fourth-order valence-corrected chi connectivity index (χ4v) is 1.13. The van der Waals surface area contributed by atoms with Crippen molar-refractivity contribution < 1.29 is 26.3 Å². The smallest absolute Gasteiger partial charge is 0.166 e. The highest BCUT2D eigenvalue weighted by atomic mass is 35.5. The van der Waals surface area contributed by atoms with Gasteiger partial charge in [0.15, 0.2) is 0 Å². The number of rotatable bonds is 0. The van der Waals surface area contributed by atoms with E-state index in [0.29, 0.717) is 0 Å². The van der Waals surface area contributed by atoms with Gasteiger partial charge in [-0.2, -0.15) is 26.3 Å². The quantitative estimate of drug-likeness (QED) is 0.604. The molecule has 0 heterocycles. The van der Waals surface area contributed by atoms with Gasteiger partial charge in [-0.1, -0.05) is 11.6 Å². The van der Waals surface area contributed by atoms with E-state index in [1.807, 2.05) is 0 Å². The van der Waals surface area contributed by atoms with Crippen molar-refractivity contribution in [2.24, 2.45) is 0 Å². The minimum Gasteiger partial charge on any atom is -0.166 e. The van der Waals surface area contributed by atoms with Crippen LogP contribution in [0.1, 0.15) is 11.1 Å². The van der Waals surface area contributed by atoms with Crippen molar-refractivity contribution in [3.05, 3.63) is 34.3 Å². The molecule has 0 amide bonds. The molecule has 0 bridgehead atoms. The minimum atomic E-state index is -4.80. The summed E-state index contributed by atoms with van der Waals surface area (Å²) in [4.78, 5) is 0. The van der Waals surface area contributed by atoms with Gasteiger partial charge < -0.3 is 0 Å². The lowest BCUT2D eigenvalue weighted by molar-refractivity contribution is -0.141. The molecule has 0 saturated heterocycles. The van der Waals surface area contributed by atoms with E-state index in [4.69, 9.17) is 11.6 Å². The van der Waals surface area contributed by atoms with Crippen LogP contribution in [0.3, 0.4) is 0 Å². The lowest BCUT2D eigenvalue weighted by atomic mass is 10.1. The predicted octanol–water partition coefficient (Wildman–Crippen LogP) is 4.18. The molecule has 15 heavy (non-hydrogen) atoms. The average Bonchev–Trinajstić information content (AvgIpc) is 1.99. The molecule has 0 spiro atoms. The second-order valence-electron chi connectivity index (χ2n) is 2.61. The molecule has 0 saturated carbocycles. The van der Waals surface area contributed by atoms with Gasteiger partial charge in [0.05, 0.1) is 16.1 Å². The molecule has 0 atom stereocenters. The number of halogens is 7. The normalized spacial score (nSPS) is 13.0. The summed E-state index contributed by atoms with van der Waals surface area (Å²) in [6.45, 7) is 0. The highest BCUT2D eigenvalue weighted by molar-refractivity contribution is 6.31. The van der Waals surface area contributed by atoms with E-state index in [-0.39, 0.29) is 12.1 Å². The van der Waals surface area contributed by atoms with E-state index in [1.165, 1.54) is 6.07 Å². The zero-order chi connectivity index (χ0) is 11.9. The average molecular weight is 248 g/mol. The van der Waals surface area contributed by atoms with Crippen LogP contribution in [0.15, 0.2) is 12.1 Å². The Bertz CT molecular complexity index is 364. The van der Waals surface area contributed by atoms with Crippen LogP contribution in [-0.2, 0) is 12.4 Å². The third-order valence-electron chi connectivity index (χ3n) is 1.50. The number of hydrogen-bond acceptors (Lipinski definition) is 0. The first-order valence-corrected chi connectivity index (χ1v) is 3.86. The van der Waals surface area contributed by atoms with Crippen LogP contribution < -0.4 is 0 Å². The molecular formula is C8H2ClF6. The lowest BCUT2D eigenvalue weighted by Crippen LogP contribution is -2.09. The van der Waals surface area contributed by atoms with Crippen molar-refractivity contribution in [1.29, 1.82) is 0 Å². The third-order valence-corrected chi connectivity index (χ3v) is 1.80. The van der Waals surface area contributed by atoms with Gasteiger partial charge >= 0.3 is 12.4 Å². The zero-order valence-corrected chi connectivity index (χ0v) is 7.56. The Morgan fingerprint density at radius 3 is 1.87 bits per heavy atom. The standard InChI is InChI=1S/C8H2ClF6/c9-6-3-4(7(10,11)12)1-2-5(6)8(13,14)15/h1,3H. The first kappa shape index (κ1) is 12.2. The van der Waals surface area contributed by atoms with Crippen molar-refractivity contribution in [2.45, 2.75) is 12.4 Å². The molecule has 1 rings (SSSR count). The highest BCUT2D eigenvalue weighted by Gasteiger charge is 2.36. The molecule has 1 aromatic rings. The summed E-state index contributed by atoms with van der Waals surface area (Å²) in [5.41, 5.74) is -2.67. The summed E-state index contributed by atoms with van der Waals surface area (Å²) in [7, 11) is 0. The monoisotopic (exact) mass is 247 g/mol. The fourth-order valence-electron chi connectivity index (χ4n) is 0.850. The molecule has 0 aromatic heterocycles. The summed E-state index contributed by atoms with van der Waals surface area (Å²) in [5, 5.41) is -1.02. The maximum Gasteiger partial charge on any atom is 0.418 e. The molecule has 0 N–H and O–H groups in total. The number of benzene rings is 1. The van der Waals surface area contributed by atoms with E-state index in [9.17, 15) is 26.3 Å². The summed E-state index contributed by atoms with van der Waals surface area (Å²) >= 11 is 5.07. The molecule has 7 heteroatoms. The van der Waals surface area contributed by atoms with Crippen LogP contribution in [0.2, 0.25) is 5.02 Å². The topological polar surface area (TPSA) is 0 Å². The Labute approximate surface area is 85.5 Å². The lowest BCUT2D eigenvalue weighted by Gasteiger charge is -2.11. The first-order chi connectivity index (χ1) is 6.62. The Kier molecular flexibility index (Phi) is 2.91. The van der Waals surface area contributed by atoms with Gasteiger partial charge in [-0.15, -0.1) is 0 Å². The van der Waals surface area contributed by atoms with Crippen LogP contribution >= 0.6 is 11.6 Å². The maximum atomic E-state index is 12.1. The van der Waals surface area contributed by atoms with Crippen molar-refractivity contribution in [2.75, 3.05) is 0 Å². The third kappa shape index (κ3) is 2.77. The van der Waals surface area contributed by atoms with Gasteiger partial charge in [0.25, 0.3) is 0 Å². The molecule has 0 aliphatic heterocycles. The van der Waals surface area contributed by atoms with Gasteiger partial charge in [-0.3, -0.25) is 0 Å². The van der Waals surface area contributed by atoms with Crippen LogP contribution in [-0.4, -0.2) is 0 Å². The van der Waals surface area contributed by atoms with E-state index >= 15 is 0 Å². The van der Waals surface area contributed by atoms with Crippen LogP contribution in [0, 0.1) is 6.07 Å². The SMILES string of the molecule is FC(F)(F)c1c[c]c(C(F)(F)F)c(Cl)c1. The minimum absolute atomic E-state index is 0.217. The Balaban J connectivity index is 3.21. The number of hydrogen-bond donors (Lipinski definition) is 0. The highest BCUT2D eigenvalue weighted by Crippen LogP contribution is 2.37. The van der Waals surface area contributed by atoms with Gasteiger partial charge in [0.1, 0.15) is 0 Å². The Hall–Kier alpha value is -0.910. The molecular weight excluding hydrogens is 246 g/mol. The molecule has 83 valence electrons. The second kappa shape index (κ2) is 3.59. The maximum absolute atomic E-state index is 12.1. The molecule has 0 aliphatic carbocycles. The van der Waals surface area contributed by atoms with E-state index in [0.717, 1.165) is 0 Å². The van der Waals surface area contributed by atoms with Gasteiger partial charge in [-0.25, -0.2) is 0 Å². The van der Waals surface area contributed by atoms with Crippen LogP contribution in [0.4, 0.5) is 26.3 Å². The Morgan fingerprint density at radius 2 is 1.53 bits per heavy atom. The van der Waals surface area contributed by atoms with E-state index in [2.05, 4.69) is 0 Å². The molecule has 1 aromatic carbocycles. The molecule has 0 aliphatic rings. The summed E-state index contributed by atoms with van der Waals surface area (Å²) in [6.07, 6.45) is -9.54. The summed E-state index contributed by atoms with van der Waals surface area (Å²) < 4.78 is 72.3. The van der Waals surface area contributed by atoms with Crippen LogP contribution in [0.5, 0.6) is 0 Å². The van der Waals surface area contributed by atoms with Gasteiger partial charge in [0, 0.05) is 0 Å². The fraction of sp³-hybridized carbons (Fsp3) is 0.250. The second-order valence-corrected chi connectivity index (χ2v) is 3.01. The Morgan fingerprint density at radius 1 is 1.00 bits per heavy atom. The molecule has 1 radical (unpaired) electrons. The predicted molar refractivity (Wildman–Crippen MR) is 40.3 cm³/mol. The van der Waals surface area contributed by atoms with Gasteiger partial charge in [0.2, 0.25) is 0 Å².